The number of ether oxygens (including phenoxy) is 1. The summed E-state index contributed by atoms with van der Waals surface area (Å²) in [6.07, 6.45) is 4.97. The fraction of sp³-hybridized carbons (Fsp3) is 0.467. The van der Waals surface area contributed by atoms with Gasteiger partial charge in [-0.1, -0.05) is 45.6 Å². The number of benzene rings is 1. The Kier molecular flexibility index (Phi) is 4.60. The van der Waals surface area contributed by atoms with Crippen LogP contribution in [-0.2, 0) is 0 Å². The molecule has 0 atom stereocenters. The van der Waals surface area contributed by atoms with Crippen molar-refractivity contribution in [3.05, 3.63) is 36.4 Å². The van der Waals surface area contributed by atoms with E-state index in [0.717, 1.165) is 30.6 Å². The maximum absolute atomic E-state index is 6.14. The minimum atomic E-state index is -0.0141. The van der Waals surface area contributed by atoms with Gasteiger partial charge in [-0.05, 0) is 37.0 Å². The molecule has 1 heteroatoms. The van der Waals surface area contributed by atoms with Crippen LogP contribution >= 0.6 is 0 Å². The SMILES string of the molecule is C=Cc1cccc(OC(CC)(CC)CC)c1. The summed E-state index contributed by atoms with van der Waals surface area (Å²) >= 11 is 0. The van der Waals surface area contributed by atoms with Gasteiger partial charge in [-0.3, -0.25) is 0 Å². The normalized spacial score (nSPS) is 11.2. The molecule has 1 aromatic rings. The van der Waals surface area contributed by atoms with Gasteiger partial charge in [-0.15, -0.1) is 0 Å². The first-order chi connectivity index (χ1) is 7.69. The zero-order valence-electron chi connectivity index (χ0n) is 10.6. The predicted octanol–water partition coefficient (Wildman–Crippen LogP) is 4.68. The molecule has 0 aliphatic heterocycles. The molecule has 1 nitrogen and oxygen atoms in total. The maximum atomic E-state index is 6.14. The number of rotatable bonds is 6. The van der Waals surface area contributed by atoms with Crippen LogP contribution in [0.25, 0.3) is 6.08 Å². The Balaban J connectivity index is 2.88. The van der Waals surface area contributed by atoms with Crippen molar-refractivity contribution in [3.63, 3.8) is 0 Å². The quantitative estimate of drug-likeness (QED) is 0.673. The van der Waals surface area contributed by atoms with Gasteiger partial charge in [-0.2, -0.15) is 0 Å². The van der Waals surface area contributed by atoms with Gasteiger partial charge in [0.25, 0.3) is 0 Å². The van der Waals surface area contributed by atoms with E-state index in [1.807, 2.05) is 30.3 Å². The van der Waals surface area contributed by atoms with Crippen LogP contribution in [0.4, 0.5) is 0 Å². The van der Waals surface area contributed by atoms with Crippen molar-refractivity contribution < 1.29 is 4.74 Å². The van der Waals surface area contributed by atoms with Crippen LogP contribution in [0.1, 0.15) is 45.6 Å². The molecular weight excluding hydrogens is 196 g/mol. The summed E-state index contributed by atoms with van der Waals surface area (Å²) in [7, 11) is 0. The van der Waals surface area contributed by atoms with Crippen LogP contribution in [0, 0.1) is 0 Å². The summed E-state index contributed by atoms with van der Waals surface area (Å²) in [5.74, 6) is 0.947. The van der Waals surface area contributed by atoms with Crippen LogP contribution in [0.15, 0.2) is 30.8 Å². The topological polar surface area (TPSA) is 9.23 Å². The van der Waals surface area contributed by atoms with E-state index in [4.69, 9.17) is 4.74 Å². The van der Waals surface area contributed by atoms with E-state index in [1.165, 1.54) is 0 Å². The van der Waals surface area contributed by atoms with Crippen LogP contribution in [0.2, 0.25) is 0 Å². The highest BCUT2D eigenvalue weighted by Gasteiger charge is 2.25. The van der Waals surface area contributed by atoms with Gasteiger partial charge in [0.05, 0.1) is 0 Å². The molecule has 0 aromatic heterocycles. The average molecular weight is 218 g/mol. The van der Waals surface area contributed by atoms with E-state index in [9.17, 15) is 0 Å². The van der Waals surface area contributed by atoms with Crippen molar-refractivity contribution >= 4 is 6.08 Å². The largest absolute Gasteiger partial charge is 0.487 e. The van der Waals surface area contributed by atoms with Gasteiger partial charge < -0.3 is 4.74 Å². The van der Waals surface area contributed by atoms with Gasteiger partial charge in [0.15, 0.2) is 0 Å². The number of hydrogen-bond donors (Lipinski definition) is 0. The Labute approximate surface area is 99.1 Å². The zero-order valence-corrected chi connectivity index (χ0v) is 10.6. The van der Waals surface area contributed by atoms with Crippen LogP contribution in [0.5, 0.6) is 5.75 Å². The molecule has 0 saturated heterocycles. The van der Waals surface area contributed by atoms with E-state index in [-0.39, 0.29) is 5.60 Å². The van der Waals surface area contributed by atoms with E-state index in [1.54, 1.807) is 0 Å². The van der Waals surface area contributed by atoms with Crippen LogP contribution < -0.4 is 4.74 Å². The maximum Gasteiger partial charge on any atom is 0.120 e. The molecule has 0 bridgehead atoms. The van der Waals surface area contributed by atoms with E-state index in [0.29, 0.717) is 0 Å². The molecule has 0 saturated carbocycles. The van der Waals surface area contributed by atoms with Gasteiger partial charge in [0.1, 0.15) is 11.4 Å². The first-order valence-electron chi connectivity index (χ1n) is 6.11. The lowest BCUT2D eigenvalue weighted by atomic mass is 9.94. The van der Waals surface area contributed by atoms with Gasteiger partial charge in [-0.25, -0.2) is 0 Å². The van der Waals surface area contributed by atoms with E-state index in [2.05, 4.69) is 27.4 Å². The molecular formula is C15H22O. The minimum Gasteiger partial charge on any atom is -0.487 e. The van der Waals surface area contributed by atoms with Crippen molar-refractivity contribution in [2.24, 2.45) is 0 Å². The van der Waals surface area contributed by atoms with Crippen LogP contribution in [0.3, 0.4) is 0 Å². The lowest BCUT2D eigenvalue weighted by Gasteiger charge is -2.31. The zero-order chi connectivity index (χ0) is 12.0. The lowest BCUT2D eigenvalue weighted by Crippen LogP contribution is -2.33. The Bertz CT molecular complexity index is 329. The van der Waals surface area contributed by atoms with Gasteiger partial charge >= 0.3 is 0 Å². The Morgan fingerprint density at radius 2 is 1.81 bits per heavy atom. The molecule has 0 heterocycles. The molecule has 88 valence electrons. The second kappa shape index (κ2) is 5.74. The molecule has 0 amide bonds. The van der Waals surface area contributed by atoms with E-state index >= 15 is 0 Å². The van der Waals surface area contributed by atoms with Gasteiger partial charge in [0, 0.05) is 0 Å². The summed E-state index contributed by atoms with van der Waals surface area (Å²) in [6.45, 7) is 10.3. The molecule has 0 unspecified atom stereocenters. The molecule has 0 N–H and O–H groups in total. The third-order valence-electron chi connectivity index (χ3n) is 3.36. The summed E-state index contributed by atoms with van der Waals surface area (Å²) < 4.78 is 6.14. The van der Waals surface area contributed by atoms with Crippen molar-refractivity contribution in [3.8, 4) is 5.75 Å². The van der Waals surface area contributed by atoms with Crippen molar-refractivity contribution in [2.45, 2.75) is 45.6 Å². The molecule has 0 spiro atoms. The summed E-state index contributed by atoms with van der Waals surface area (Å²) in [5.41, 5.74) is 1.09. The fourth-order valence-corrected chi connectivity index (χ4v) is 1.92. The molecule has 0 aliphatic carbocycles. The van der Waals surface area contributed by atoms with Crippen molar-refractivity contribution in [1.29, 1.82) is 0 Å². The standard InChI is InChI=1S/C15H22O/c1-5-13-10-9-11-14(12-13)16-15(6-2,7-3)8-4/h5,9-12H,1,6-8H2,2-4H3. The summed E-state index contributed by atoms with van der Waals surface area (Å²) in [5, 5.41) is 0. The monoisotopic (exact) mass is 218 g/mol. The van der Waals surface area contributed by atoms with E-state index < -0.39 is 0 Å². The third-order valence-corrected chi connectivity index (χ3v) is 3.36. The fourth-order valence-electron chi connectivity index (χ4n) is 1.92. The molecule has 1 rings (SSSR count). The predicted molar refractivity (Wildman–Crippen MR) is 70.8 cm³/mol. The average Bonchev–Trinajstić information content (AvgIpc) is 2.36. The van der Waals surface area contributed by atoms with Crippen molar-refractivity contribution in [1.82, 2.24) is 0 Å². The highest BCUT2D eigenvalue weighted by atomic mass is 16.5. The van der Waals surface area contributed by atoms with Gasteiger partial charge in [0.2, 0.25) is 0 Å². The molecule has 0 radical (unpaired) electrons. The Hall–Kier alpha value is -1.24. The Morgan fingerprint density at radius 3 is 2.31 bits per heavy atom. The lowest BCUT2D eigenvalue weighted by molar-refractivity contribution is 0.0561. The second-order valence-electron chi connectivity index (χ2n) is 4.12. The molecule has 16 heavy (non-hydrogen) atoms. The van der Waals surface area contributed by atoms with Crippen molar-refractivity contribution in [2.75, 3.05) is 0 Å². The molecule has 1 aromatic carbocycles. The number of hydrogen-bond acceptors (Lipinski definition) is 1. The first-order valence-corrected chi connectivity index (χ1v) is 6.11. The highest BCUT2D eigenvalue weighted by molar-refractivity contribution is 5.49. The summed E-state index contributed by atoms with van der Waals surface area (Å²) in [6, 6.07) is 8.11. The second-order valence-corrected chi connectivity index (χ2v) is 4.12. The smallest absolute Gasteiger partial charge is 0.120 e. The third kappa shape index (κ3) is 2.88. The first kappa shape index (κ1) is 12.8. The van der Waals surface area contributed by atoms with Crippen LogP contribution in [-0.4, -0.2) is 5.60 Å². The minimum absolute atomic E-state index is 0.0141. The summed E-state index contributed by atoms with van der Waals surface area (Å²) in [4.78, 5) is 0. The molecule has 0 fully saturated rings. The highest BCUT2D eigenvalue weighted by Crippen LogP contribution is 2.28. The molecule has 0 aliphatic rings. The Morgan fingerprint density at radius 1 is 1.19 bits per heavy atom.